The molecule has 7 heteroatoms. The summed E-state index contributed by atoms with van der Waals surface area (Å²) in [6.07, 6.45) is 1.26. The number of amides is 1. The first-order valence-electron chi connectivity index (χ1n) is 8.55. The lowest BCUT2D eigenvalue weighted by Gasteiger charge is -2.41. The molecule has 0 spiro atoms. The maximum absolute atomic E-state index is 13.7. The number of likely N-dealkylation sites (tertiary alicyclic amines) is 1. The van der Waals surface area contributed by atoms with Crippen molar-refractivity contribution in [2.45, 2.75) is 56.5 Å². The van der Waals surface area contributed by atoms with E-state index in [0.29, 0.717) is 18.7 Å². The first kappa shape index (κ1) is 18.0. The van der Waals surface area contributed by atoms with Crippen molar-refractivity contribution >= 4 is 5.91 Å². The number of carbonyl (C=O) groups is 1. The van der Waals surface area contributed by atoms with Crippen LogP contribution in [0.15, 0.2) is 24.3 Å². The molecule has 0 aromatic heterocycles. The molecular weight excluding hydrogens is 338 g/mol. The van der Waals surface area contributed by atoms with Gasteiger partial charge in [-0.15, -0.1) is 0 Å². The Morgan fingerprint density at radius 3 is 2.08 bits per heavy atom. The van der Waals surface area contributed by atoms with Gasteiger partial charge in [0.25, 0.3) is 0 Å². The summed E-state index contributed by atoms with van der Waals surface area (Å²) in [5, 5.41) is 0. The van der Waals surface area contributed by atoms with Gasteiger partial charge in [-0.2, -0.15) is 8.78 Å². The summed E-state index contributed by atoms with van der Waals surface area (Å²) in [5.74, 6) is -2.89. The molecule has 1 saturated carbocycles. The van der Waals surface area contributed by atoms with Crippen LogP contribution in [-0.2, 0) is 10.2 Å². The minimum atomic E-state index is -2.93. The van der Waals surface area contributed by atoms with Crippen LogP contribution in [0.5, 0.6) is 5.75 Å². The van der Waals surface area contributed by atoms with E-state index in [2.05, 4.69) is 4.74 Å². The molecule has 1 aromatic carbocycles. The molecule has 2 aliphatic rings. The summed E-state index contributed by atoms with van der Waals surface area (Å²) in [4.78, 5) is 14.9. The maximum Gasteiger partial charge on any atom is 0.387 e. The fraction of sp³-hybridized carbons (Fsp3) is 0.611. The van der Waals surface area contributed by atoms with Crippen LogP contribution in [0.4, 0.5) is 17.6 Å². The molecule has 138 valence electrons. The fourth-order valence-corrected chi connectivity index (χ4v) is 3.85. The number of benzene rings is 1. The van der Waals surface area contributed by atoms with Crippen molar-refractivity contribution in [2.24, 2.45) is 0 Å². The Morgan fingerprint density at radius 1 is 1.00 bits per heavy atom. The second-order valence-corrected chi connectivity index (χ2v) is 6.84. The van der Waals surface area contributed by atoms with Gasteiger partial charge in [0, 0.05) is 25.9 Å². The Kier molecular flexibility index (Phi) is 4.93. The largest absolute Gasteiger partial charge is 0.435 e. The third-order valence-corrected chi connectivity index (χ3v) is 5.27. The third kappa shape index (κ3) is 3.75. The predicted molar refractivity (Wildman–Crippen MR) is 84.0 cm³/mol. The lowest BCUT2D eigenvalue weighted by molar-refractivity contribution is -0.141. The second kappa shape index (κ2) is 6.84. The van der Waals surface area contributed by atoms with Crippen LogP contribution in [0.2, 0.25) is 0 Å². The minimum absolute atomic E-state index is 0.0105. The van der Waals surface area contributed by atoms with Crippen molar-refractivity contribution in [1.29, 1.82) is 0 Å². The van der Waals surface area contributed by atoms with Gasteiger partial charge < -0.3 is 9.64 Å². The normalized spacial score (nSPS) is 22.2. The molecule has 3 nitrogen and oxygen atoms in total. The maximum atomic E-state index is 13.7. The summed E-state index contributed by atoms with van der Waals surface area (Å²) < 4.78 is 56.3. The Bertz CT molecular complexity index is 602. The van der Waals surface area contributed by atoms with Crippen molar-refractivity contribution in [3.63, 3.8) is 0 Å². The number of ether oxygens (including phenoxy) is 1. The molecule has 1 aliphatic heterocycles. The molecule has 25 heavy (non-hydrogen) atoms. The molecule has 1 heterocycles. The number of hydrogen-bond acceptors (Lipinski definition) is 2. The van der Waals surface area contributed by atoms with Gasteiger partial charge in [-0.05, 0) is 43.4 Å². The molecule has 0 unspecified atom stereocenters. The van der Waals surface area contributed by atoms with Gasteiger partial charge in [0.05, 0.1) is 5.41 Å². The molecule has 1 aliphatic carbocycles. The van der Waals surface area contributed by atoms with Crippen LogP contribution in [0.25, 0.3) is 0 Å². The topological polar surface area (TPSA) is 29.5 Å². The lowest BCUT2D eigenvalue weighted by atomic mass is 9.67. The zero-order valence-corrected chi connectivity index (χ0v) is 13.8. The van der Waals surface area contributed by atoms with Gasteiger partial charge in [0.15, 0.2) is 0 Å². The van der Waals surface area contributed by atoms with Crippen LogP contribution < -0.4 is 4.74 Å². The standard InChI is InChI=1S/C18H21F4NO2/c19-16(20)25-14-5-3-13(4-6-14)17(7-9-18(21,22)10-8-17)15(24)23-11-1-2-12-23/h3-6,16H,1-2,7-12H2. The van der Waals surface area contributed by atoms with E-state index in [1.54, 1.807) is 17.0 Å². The zero-order chi connectivity index (χ0) is 18.1. The van der Waals surface area contributed by atoms with Crippen molar-refractivity contribution in [3.8, 4) is 5.75 Å². The molecule has 1 aromatic rings. The van der Waals surface area contributed by atoms with E-state index >= 15 is 0 Å². The lowest BCUT2D eigenvalue weighted by Crippen LogP contribution is -2.49. The number of alkyl halides is 4. The van der Waals surface area contributed by atoms with Crippen molar-refractivity contribution in [3.05, 3.63) is 29.8 Å². The Morgan fingerprint density at radius 2 is 1.56 bits per heavy atom. The molecule has 1 saturated heterocycles. The Labute approximate surface area is 143 Å². The molecule has 0 atom stereocenters. The van der Waals surface area contributed by atoms with Crippen LogP contribution >= 0.6 is 0 Å². The van der Waals surface area contributed by atoms with E-state index < -0.39 is 17.9 Å². The number of carbonyl (C=O) groups excluding carboxylic acids is 1. The summed E-state index contributed by atoms with van der Waals surface area (Å²) in [6, 6.07) is 5.84. The van der Waals surface area contributed by atoms with E-state index in [9.17, 15) is 22.4 Å². The van der Waals surface area contributed by atoms with E-state index in [1.807, 2.05) is 0 Å². The quantitative estimate of drug-likeness (QED) is 0.748. The van der Waals surface area contributed by atoms with Gasteiger partial charge in [-0.3, -0.25) is 4.79 Å². The molecule has 3 rings (SSSR count). The summed E-state index contributed by atoms with van der Waals surface area (Å²) >= 11 is 0. The van der Waals surface area contributed by atoms with Crippen molar-refractivity contribution in [1.82, 2.24) is 4.90 Å². The monoisotopic (exact) mass is 359 g/mol. The Balaban J connectivity index is 1.89. The highest BCUT2D eigenvalue weighted by Gasteiger charge is 2.50. The summed E-state index contributed by atoms with van der Waals surface area (Å²) in [6.45, 7) is -1.65. The van der Waals surface area contributed by atoms with Crippen LogP contribution in [-0.4, -0.2) is 36.4 Å². The SMILES string of the molecule is O=C(N1CCCC1)C1(c2ccc(OC(F)F)cc2)CCC(F)(F)CC1. The van der Waals surface area contributed by atoms with E-state index in [4.69, 9.17) is 0 Å². The van der Waals surface area contributed by atoms with E-state index in [-0.39, 0.29) is 37.3 Å². The highest BCUT2D eigenvalue weighted by Crippen LogP contribution is 2.47. The third-order valence-electron chi connectivity index (χ3n) is 5.27. The van der Waals surface area contributed by atoms with E-state index in [0.717, 1.165) is 12.8 Å². The first-order valence-corrected chi connectivity index (χ1v) is 8.55. The van der Waals surface area contributed by atoms with Gasteiger partial charge in [0.1, 0.15) is 5.75 Å². The molecule has 1 amide bonds. The molecule has 2 fully saturated rings. The van der Waals surface area contributed by atoms with Gasteiger partial charge in [-0.25, -0.2) is 8.78 Å². The number of nitrogens with zero attached hydrogens (tertiary/aromatic N) is 1. The van der Waals surface area contributed by atoms with Crippen LogP contribution in [0.1, 0.15) is 44.1 Å². The average Bonchev–Trinajstić information content (AvgIpc) is 3.09. The van der Waals surface area contributed by atoms with Crippen LogP contribution in [0, 0.1) is 0 Å². The Hall–Kier alpha value is -1.79. The second-order valence-electron chi connectivity index (χ2n) is 6.84. The zero-order valence-electron chi connectivity index (χ0n) is 13.8. The fourth-order valence-electron chi connectivity index (χ4n) is 3.85. The number of rotatable bonds is 4. The molecular formula is C18H21F4NO2. The highest BCUT2D eigenvalue weighted by atomic mass is 19.3. The van der Waals surface area contributed by atoms with Gasteiger partial charge in [0.2, 0.25) is 11.8 Å². The number of hydrogen-bond donors (Lipinski definition) is 0. The average molecular weight is 359 g/mol. The van der Waals surface area contributed by atoms with Crippen LogP contribution in [0.3, 0.4) is 0 Å². The molecule has 0 N–H and O–H groups in total. The van der Waals surface area contributed by atoms with E-state index in [1.165, 1.54) is 12.1 Å². The van der Waals surface area contributed by atoms with Gasteiger partial charge in [-0.1, -0.05) is 12.1 Å². The van der Waals surface area contributed by atoms with Crippen molar-refractivity contribution < 1.29 is 27.1 Å². The van der Waals surface area contributed by atoms with Gasteiger partial charge >= 0.3 is 6.61 Å². The summed E-state index contributed by atoms with van der Waals surface area (Å²) in [7, 11) is 0. The first-order chi connectivity index (χ1) is 11.8. The van der Waals surface area contributed by atoms with Crippen molar-refractivity contribution in [2.75, 3.05) is 13.1 Å². The predicted octanol–water partition coefficient (Wildman–Crippen LogP) is 4.36. The summed E-state index contributed by atoms with van der Waals surface area (Å²) in [5.41, 5.74) is -0.406. The minimum Gasteiger partial charge on any atom is -0.435 e. The molecule has 0 radical (unpaired) electrons. The highest BCUT2D eigenvalue weighted by molar-refractivity contribution is 5.88. The number of halogens is 4. The smallest absolute Gasteiger partial charge is 0.387 e. The molecule has 0 bridgehead atoms.